The third-order valence-corrected chi connectivity index (χ3v) is 4.83. The quantitative estimate of drug-likeness (QED) is 0.0657. The van der Waals surface area contributed by atoms with Crippen molar-refractivity contribution in [2.75, 3.05) is 24.2 Å². The summed E-state index contributed by atoms with van der Waals surface area (Å²) in [5.41, 5.74) is 5.32. The van der Waals surface area contributed by atoms with E-state index in [1.54, 1.807) is 0 Å². The number of hydrogen-bond acceptors (Lipinski definition) is 10. The molecule has 0 heterocycles. The van der Waals surface area contributed by atoms with Crippen molar-refractivity contribution in [2.45, 2.75) is 44.2 Å². The molecule has 13 nitrogen and oxygen atoms in total. The predicted molar refractivity (Wildman–Crippen MR) is 115 cm³/mol. The van der Waals surface area contributed by atoms with Crippen LogP contribution in [0.5, 0.6) is 0 Å². The predicted octanol–water partition coefficient (Wildman–Crippen LogP) is -0.836. The topological polar surface area (TPSA) is 211 Å². The number of amides is 2. The van der Waals surface area contributed by atoms with Gasteiger partial charge in [0.2, 0.25) is 11.8 Å². The lowest BCUT2D eigenvalue weighted by molar-refractivity contribution is -0.141. The second-order valence-corrected chi connectivity index (χ2v) is 7.56. The Kier molecular flexibility index (Phi) is 15.9. The lowest BCUT2D eigenvalue weighted by Gasteiger charge is -2.17. The summed E-state index contributed by atoms with van der Waals surface area (Å²) in [6.07, 6.45) is 0.442. The summed E-state index contributed by atoms with van der Waals surface area (Å²) in [6, 6.07) is -2.48. The Bertz CT molecular complexity index is 679. The van der Waals surface area contributed by atoms with Crippen molar-refractivity contribution in [2.24, 2.45) is 5.73 Å². The van der Waals surface area contributed by atoms with Crippen molar-refractivity contribution >= 4 is 63.7 Å². The average Bonchev–Trinajstić information content (AvgIpc) is 2.74. The van der Waals surface area contributed by atoms with Crippen LogP contribution in [0.1, 0.15) is 32.1 Å². The Morgan fingerprint density at radius 1 is 1.03 bits per heavy atom. The zero-order valence-electron chi connectivity index (χ0n) is 17.0. The third kappa shape index (κ3) is 15.4. The van der Waals surface area contributed by atoms with Crippen LogP contribution < -0.4 is 16.4 Å². The number of hydrogen-bond donors (Lipinski definition) is 5. The molecule has 0 unspecified atom stereocenters. The molecule has 0 aliphatic carbocycles. The van der Waals surface area contributed by atoms with E-state index in [1.807, 2.05) is 0 Å². The summed E-state index contributed by atoms with van der Waals surface area (Å²) in [5.74, 6) is -5.29. The molecule has 0 aromatic rings. The number of unbranched alkanes of at least 4 members (excludes halogenated alkanes) is 1. The molecule has 0 aliphatic heterocycles. The van der Waals surface area contributed by atoms with Crippen LogP contribution >= 0.6 is 28.0 Å². The summed E-state index contributed by atoms with van der Waals surface area (Å²) < 4.78 is 9.75. The Morgan fingerprint density at radius 2 is 1.72 bits per heavy atom. The van der Waals surface area contributed by atoms with E-state index >= 15 is 0 Å². The van der Waals surface area contributed by atoms with Crippen molar-refractivity contribution in [3.05, 3.63) is 0 Å². The van der Waals surface area contributed by atoms with Gasteiger partial charge in [0.1, 0.15) is 24.0 Å². The van der Waals surface area contributed by atoms with Crippen LogP contribution in [0.3, 0.4) is 0 Å². The number of nitrogens with two attached hydrogens (primary N) is 1. The third-order valence-electron chi connectivity index (χ3n) is 3.60. The molecular formula is C17H26BrN3O10S. The first-order valence-electron chi connectivity index (χ1n) is 9.38. The number of esters is 1. The van der Waals surface area contributed by atoms with Gasteiger partial charge in [-0.25, -0.2) is 0 Å². The number of nitrogens with one attached hydrogen (secondary N) is 2. The van der Waals surface area contributed by atoms with Crippen LogP contribution in [-0.2, 0) is 37.7 Å². The minimum absolute atomic E-state index is 0.0359. The van der Waals surface area contributed by atoms with Gasteiger partial charge in [0.15, 0.2) is 0 Å². The smallest absolute Gasteiger partial charge is 0.322 e. The van der Waals surface area contributed by atoms with Gasteiger partial charge in [0.25, 0.3) is 0 Å². The first-order valence-corrected chi connectivity index (χ1v) is 11.4. The zero-order chi connectivity index (χ0) is 24.5. The number of carboxylic acid groups (broad SMARTS) is 2. The molecule has 15 heteroatoms. The molecule has 0 spiro atoms. The summed E-state index contributed by atoms with van der Waals surface area (Å²) in [5, 5.41) is 21.9. The van der Waals surface area contributed by atoms with Gasteiger partial charge in [-0.05, 0) is 19.3 Å². The van der Waals surface area contributed by atoms with Gasteiger partial charge >= 0.3 is 23.9 Å². The number of alkyl halides is 1. The van der Waals surface area contributed by atoms with Gasteiger partial charge in [-0.15, -0.1) is 0 Å². The Hall–Kier alpha value is -2.39. The van der Waals surface area contributed by atoms with Crippen LogP contribution in [0.2, 0.25) is 0 Å². The molecule has 0 rings (SSSR count). The maximum absolute atomic E-state index is 12.1. The van der Waals surface area contributed by atoms with E-state index < -0.39 is 54.3 Å². The van der Waals surface area contributed by atoms with E-state index in [0.717, 1.165) is 0 Å². The number of rotatable bonds is 17. The second-order valence-electron chi connectivity index (χ2n) is 6.27. The van der Waals surface area contributed by atoms with Crippen LogP contribution in [0.15, 0.2) is 0 Å². The highest BCUT2D eigenvalue weighted by Crippen LogP contribution is 2.10. The molecule has 32 heavy (non-hydrogen) atoms. The fraction of sp³-hybridized carbons (Fsp3) is 0.647. The first kappa shape index (κ1) is 29.6. The molecule has 0 aromatic heterocycles. The molecule has 2 atom stereocenters. The zero-order valence-corrected chi connectivity index (χ0v) is 19.4. The Balaban J connectivity index is 4.47. The maximum Gasteiger partial charge on any atom is 0.322 e. The molecule has 0 fully saturated rings. The van der Waals surface area contributed by atoms with Gasteiger partial charge in [-0.2, -0.15) is 0 Å². The molecular weight excluding hydrogens is 518 g/mol. The van der Waals surface area contributed by atoms with E-state index in [9.17, 15) is 28.8 Å². The summed E-state index contributed by atoms with van der Waals surface area (Å²) in [6.45, 7) is -0.520. The first-order chi connectivity index (χ1) is 15.1. The standard InChI is InChI=1S/C17H26BrN3O10S/c18-7-15(26)30-6-2-1-3-14(25)31-32-9-11(16(27)20-8-13(23)24)21-12(22)5-4-10(19)17(28)29/h10-11H,1-9,19H2,(H,20,27)(H,21,22)(H,23,24)(H,28,29)/t10-,11-/m0/s1. The van der Waals surface area contributed by atoms with Crippen molar-refractivity contribution < 1.29 is 47.9 Å². The van der Waals surface area contributed by atoms with Gasteiger partial charge in [0, 0.05) is 12.8 Å². The van der Waals surface area contributed by atoms with E-state index in [4.69, 9.17) is 24.9 Å². The average molecular weight is 544 g/mol. The highest BCUT2D eigenvalue weighted by Gasteiger charge is 2.23. The highest BCUT2D eigenvalue weighted by atomic mass is 79.9. The second kappa shape index (κ2) is 17.2. The number of aliphatic carboxylic acids is 2. The normalized spacial score (nSPS) is 12.2. The van der Waals surface area contributed by atoms with E-state index in [2.05, 4.69) is 26.6 Å². The number of halogens is 1. The summed E-state index contributed by atoms with van der Waals surface area (Å²) in [7, 11) is 0. The number of carboxylic acids is 2. The lowest BCUT2D eigenvalue weighted by atomic mass is 10.1. The van der Waals surface area contributed by atoms with Gasteiger partial charge in [0.05, 0.1) is 24.4 Å². The number of ether oxygens (including phenoxy) is 1. The monoisotopic (exact) mass is 543 g/mol. The fourth-order valence-corrected chi connectivity index (χ4v) is 2.77. The minimum atomic E-state index is -1.29. The Morgan fingerprint density at radius 3 is 2.31 bits per heavy atom. The Labute approximate surface area is 196 Å². The molecule has 0 radical (unpaired) electrons. The lowest BCUT2D eigenvalue weighted by Crippen LogP contribution is -2.49. The molecule has 0 aromatic carbocycles. The molecule has 6 N–H and O–H groups in total. The maximum atomic E-state index is 12.1. The van der Waals surface area contributed by atoms with E-state index in [-0.39, 0.29) is 37.0 Å². The molecule has 0 aliphatic rings. The van der Waals surface area contributed by atoms with Crippen LogP contribution in [-0.4, -0.2) is 82.2 Å². The highest BCUT2D eigenvalue weighted by molar-refractivity contribution is 9.09. The fourth-order valence-electron chi connectivity index (χ4n) is 1.95. The molecule has 2 amide bonds. The van der Waals surface area contributed by atoms with Gasteiger partial charge in [-0.1, -0.05) is 15.9 Å². The molecule has 0 saturated carbocycles. The number of carbonyl (C=O) groups excluding carboxylic acids is 4. The molecule has 0 saturated heterocycles. The van der Waals surface area contributed by atoms with Crippen molar-refractivity contribution in [1.29, 1.82) is 0 Å². The van der Waals surface area contributed by atoms with Crippen molar-refractivity contribution in [1.82, 2.24) is 10.6 Å². The van der Waals surface area contributed by atoms with Gasteiger partial charge in [-0.3, -0.25) is 28.8 Å². The minimum Gasteiger partial charge on any atom is -0.480 e. The molecule has 0 bridgehead atoms. The van der Waals surface area contributed by atoms with E-state index in [0.29, 0.717) is 24.9 Å². The van der Waals surface area contributed by atoms with Crippen molar-refractivity contribution in [3.63, 3.8) is 0 Å². The molecule has 182 valence electrons. The summed E-state index contributed by atoms with van der Waals surface area (Å²) in [4.78, 5) is 68.1. The number of carbonyl (C=O) groups is 6. The SMILES string of the molecule is N[C@@H](CCC(=O)N[C@@H](CSOC(=O)CCCCOC(=O)CBr)C(=O)NCC(=O)O)C(=O)O. The summed E-state index contributed by atoms with van der Waals surface area (Å²) >= 11 is 3.54. The van der Waals surface area contributed by atoms with Crippen molar-refractivity contribution in [3.8, 4) is 0 Å². The van der Waals surface area contributed by atoms with Crippen LogP contribution in [0.4, 0.5) is 0 Å². The van der Waals surface area contributed by atoms with Crippen LogP contribution in [0.25, 0.3) is 0 Å². The largest absolute Gasteiger partial charge is 0.480 e. The van der Waals surface area contributed by atoms with Crippen LogP contribution in [0, 0.1) is 0 Å². The van der Waals surface area contributed by atoms with Gasteiger partial charge < -0.3 is 35.5 Å². The van der Waals surface area contributed by atoms with E-state index in [1.165, 1.54) is 0 Å².